The molecule has 0 saturated heterocycles. The van der Waals surface area contributed by atoms with Gasteiger partial charge in [0.2, 0.25) is 5.95 Å². The number of hydrogen-bond acceptors (Lipinski definition) is 6. The zero-order chi connectivity index (χ0) is 15.2. The number of benzene rings is 1. The third-order valence-corrected chi connectivity index (χ3v) is 3.32. The summed E-state index contributed by atoms with van der Waals surface area (Å²) >= 11 is 3.43. The van der Waals surface area contributed by atoms with Gasteiger partial charge in [0.1, 0.15) is 0 Å². The molecule has 0 aliphatic heterocycles. The smallest absolute Gasteiger partial charge is 0.244 e. The van der Waals surface area contributed by atoms with Crippen LogP contribution in [0.1, 0.15) is 5.56 Å². The highest BCUT2D eigenvalue weighted by Gasteiger charge is 2.02. The third-order valence-electron chi connectivity index (χ3n) is 2.83. The van der Waals surface area contributed by atoms with Gasteiger partial charge in [-0.05, 0) is 29.8 Å². The maximum atomic E-state index is 4.38. The quantitative estimate of drug-likeness (QED) is 0.729. The van der Waals surface area contributed by atoms with Gasteiger partial charge in [-0.2, -0.15) is 10.1 Å². The van der Waals surface area contributed by atoms with Crippen LogP contribution >= 0.6 is 15.9 Å². The fraction of sp³-hybridized carbons (Fsp3) is 0.0667. The van der Waals surface area contributed by atoms with Crippen molar-refractivity contribution >= 4 is 33.4 Å². The molecule has 0 aliphatic carbocycles. The summed E-state index contributed by atoms with van der Waals surface area (Å²) in [5.41, 5.74) is 1.98. The molecule has 7 heteroatoms. The van der Waals surface area contributed by atoms with Crippen LogP contribution in [0.5, 0.6) is 0 Å². The molecule has 6 nitrogen and oxygen atoms in total. The van der Waals surface area contributed by atoms with Gasteiger partial charge >= 0.3 is 0 Å². The van der Waals surface area contributed by atoms with Crippen molar-refractivity contribution in [2.45, 2.75) is 6.54 Å². The monoisotopic (exact) mass is 356 g/mol. The Hall–Kier alpha value is -2.54. The minimum Gasteiger partial charge on any atom is -0.349 e. The van der Waals surface area contributed by atoms with Crippen molar-refractivity contribution < 1.29 is 0 Å². The van der Waals surface area contributed by atoms with Gasteiger partial charge in [-0.15, -0.1) is 5.10 Å². The first-order valence-electron chi connectivity index (χ1n) is 6.65. The van der Waals surface area contributed by atoms with Crippen LogP contribution in [-0.4, -0.2) is 20.2 Å². The topological polar surface area (TPSA) is 75.6 Å². The molecular formula is C15H13BrN6. The zero-order valence-corrected chi connectivity index (χ0v) is 13.2. The Bertz CT molecular complexity index is 750. The predicted octanol–water partition coefficient (Wildman–Crippen LogP) is 3.38. The highest BCUT2D eigenvalue weighted by atomic mass is 79.9. The van der Waals surface area contributed by atoms with Crippen molar-refractivity contribution in [1.29, 1.82) is 0 Å². The molecule has 0 aliphatic rings. The van der Waals surface area contributed by atoms with E-state index in [1.165, 1.54) is 0 Å². The number of hydrogen-bond donors (Lipinski definition) is 2. The summed E-state index contributed by atoms with van der Waals surface area (Å²) in [5, 5.41) is 14.2. The second-order valence-corrected chi connectivity index (χ2v) is 5.43. The average Bonchev–Trinajstić information content (AvgIpc) is 2.54. The first-order chi connectivity index (χ1) is 10.8. The van der Waals surface area contributed by atoms with Gasteiger partial charge < -0.3 is 10.6 Å². The van der Waals surface area contributed by atoms with Gasteiger partial charge in [-0.1, -0.05) is 28.1 Å². The summed E-state index contributed by atoms with van der Waals surface area (Å²) in [7, 11) is 0. The Kier molecular flexibility index (Phi) is 4.55. The molecule has 2 N–H and O–H groups in total. The lowest BCUT2D eigenvalue weighted by atomic mass is 10.3. The van der Waals surface area contributed by atoms with E-state index in [2.05, 4.69) is 46.7 Å². The van der Waals surface area contributed by atoms with Gasteiger partial charge in [-0.3, -0.25) is 4.98 Å². The molecule has 0 atom stereocenters. The van der Waals surface area contributed by atoms with E-state index in [4.69, 9.17) is 0 Å². The molecule has 0 spiro atoms. The van der Waals surface area contributed by atoms with Crippen molar-refractivity contribution in [3.05, 3.63) is 65.0 Å². The fourth-order valence-corrected chi connectivity index (χ4v) is 2.24. The summed E-state index contributed by atoms with van der Waals surface area (Å²) in [6.07, 6.45) is 5.12. The first-order valence-corrected chi connectivity index (χ1v) is 7.44. The van der Waals surface area contributed by atoms with Crippen molar-refractivity contribution in [3.63, 3.8) is 0 Å². The molecule has 110 valence electrons. The molecule has 3 aromatic rings. The van der Waals surface area contributed by atoms with E-state index >= 15 is 0 Å². The molecule has 2 heterocycles. The molecule has 1 aromatic carbocycles. The highest BCUT2D eigenvalue weighted by molar-refractivity contribution is 9.10. The van der Waals surface area contributed by atoms with Crippen LogP contribution in [0, 0.1) is 0 Å². The van der Waals surface area contributed by atoms with Crippen molar-refractivity contribution in [2.75, 3.05) is 10.6 Å². The Morgan fingerprint density at radius 1 is 1.09 bits per heavy atom. The third kappa shape index (κ3) is 3.98. The lowest BCUT2D eigenvalue weighted by Crippen LogP contribution is -2.06. The lowest BCUT2D eigenvalue weighted by Gasteiger charge is -2.08. The lowest BCUT2D eigenvalue weighted by molar-refractivity contribution is 0.946. The molecule has 3 rings (SSSR count). The largest absolute Gasteiger partial charge is 0.349 e. The van der Waals surface area contributed by atoms with E-state index in [9.17, 15) is 0 Å². The van der Waals surface area contributed by atoms with Gasteiger partial charge in [0.05, 0.1) is 6.20 Å². The Morgan fingerprint density at radius 2 is 2.05 bits per heavy atom. The van der Waals surface area contributed by atoms with E-state index < -0.39 is 0 Å². The van der Waals surface area contributed by atoms with E-state index in [-0.39, 0.29) is 0 Å². The molecule has 2 aromatic heterocycles. The number of nitrogens with one attached hydrogen (secondary N) is 2. The maximum absolute atomic E-state index is 4.38. The summed E-state index contributed by atoms with van der Waals surface area (Å²) in [6.45, 7) is 0.593. The van der Waals surface area contributed by atoms with Crippen molar-refractivity contribution in [2.24, 2.45) is 0 Å². The minimum absolute atomic E-state index is 0.462. The van der Waals surface area contributed by atoms with E-state index in [1.807, 2.05) is 36.4 Å². The molecule has 22 heavy (non-hydrogen) atoms. The molecule has 0 saturated carbocycles. The Morgan fingerprint density at radius 3 is 2.86 bits per heavy atom. The van der Waals surface area contributed by atoms with E-state index in [1.54, 1.807) is 18.6 Å². The Labute approximate surface area is 136 Å². The van der Waals surface area contributed by atoms with Crippen LogP contribution in [0.4, 0.5) is 17.5 Å². The van der Waals surface area contributed by atoms with E-state index in [0.717, 1.165) is 15.7 Å². The van der Waals surface area contributed by atoms with Gasteiger partial charge in [0, 0.05) is 29.1 Å². The van der Waals surface area contributed by atoms with Crippen LogP contribution < -0.4 is 10.6 Å². The molecule has 0 amide bonds. The SMILES string of the molecule is Brc1cccc(Nc2cnnc(NCc3cccnc3)n2)c1. The predicted molar refractivity (Wildman–Crippen MR) is 88.8 cm³/mol. The van der Waals surface area contributed by atoms with Crippen LogP contribution in [-0.2, 0) is 6.54 Å². The molecule has 0 unspecified atom stereocenters. The maximum Gasteiger partial charge on any atom is 0.244 e. The summed E-state index contributed by atoms with van der Waals surface area (Å²) in [4.78, 5) is 8.45. The number of aromatic nitrogens is 4. The van der Waals surface area contributed by atoms with Crippen LogP contribution in [0.3, 0.4) is 0 Å². The summed E-state index contributed by atoms with van der Waals surface area (Å²) in [6, 6.07) is 11.7. The van der Waals surface area contributed by atoms with Gasteiger partial charge in [0.25, 0.3) is 0 Å². The van der Waals surface area contributed by atoms with Crippen molar-refractivity contribution in [1.82, 2.24) is 20.2 Å². The molecule has 0 radical (unpaired) electrons. The van der Waals surface area contributed by atoms with Gasteiger partial charge in [0.15, 0.2) is 5.82 Å². The normalized spacial score (nSPS) is 10.2. The fourth-order valence-electron chi connectivity index (χ4n) is 1.84. The van der Waals surface area contributed by atoms with E-state index in [0.29, 0.717) is 18.3 Å². The second-order valence-electron chi connectivity index (χ2n) is 4.52. The van der Waals surface area contributed by atoms with Crippen LogP contribution in [0.15, 0.2) is 59.5 Å². The second kappa shape index (κ2) is 6.95. The average molecular weight is 357 g/mol. The number of nitrogens with zero attached hydrogens (tertiary/aromatic N) is 4. The number of pyridine rings is 1. The number of anilines is 3. The zero-order valence-electron chi connectivity index (χ0n) is 11.6. The summed E-state index contributed by atoms with van der Waals surface area (Å²) in [5.74, 6) is 1.09. The van der Waals surface area contributed by atoms with Crippen LogP contribution in [0.2, 0.25) is 0 Å². The molecule has 0 bridgehead atoms. The number of rotatable bonds is 5. The molecule has 0 fully saturated rings. The van der Waals surface area contributed by atoms with Crippen molar-refractivity contribution in [3.8, 4) is 0 Å². The number of halogens is 1. The minimum atomic E-state index is 0.462. The molecular weight excluding hydrogens is 344 g/mol. The van der Waals surface area contributed by atoms with Gasteiger partial charge in [-0.25, -0.2) is 0 Å². The Balaban J connectivity index is 1.67. The van der Waals surface area contributed by atoms with Crippen LogP contribution in [0.25, 0.3) is 0 Å². The summed E-state index contributed by atoms with van der Waals surface area (Å²) < 4.78 is 0.995. The highest BCUT2D eigenvalue weighted by Crippen LogP contribution is 2.19. The standard InChI is InChI=1S/C15H13BrN6/c16-12-4-1-5-13(7-12)20-14-10-19-22-15(21-14)18-9-11-3-2-6-17-8-11/h1-8,10H,9H2,(H2,18,20,21,22). The first kappa shape index (κ1) is 14.4.